The molecule has 0 spiro atoms. The summed E-state index contributed by atoms with van der Waals surface area (Å²) >= 11 is 0. The normalized spacial score (nSPS) is 7.56. The van der Waals surface area contributed by atoms with Gasteiger partial charge in [-0.3, -0.25) is 5.43 Å². The second-order valence-electron chi connectivity index (χ2n) is 1.13. The molecule has 0 saturated heterocycles. The van der Waals surface area contributed by atoms with Crippen molar-refractivity contribution in [2.24, 2.45) is 5.10 Å². The monoisotopic (exact) mass is 128 g/mol. The van der Waals surface area contributed by atoms with Crippen LogP contribution in [0.1, 0.15) is 0 Å². The van der Waals surface area contributed by atoms with Crippen LogP contribution < -0.4 is 5.43 Å². The zero-order valence-corrected chi connectivity index (χ0v) is 4.96. The van der Waals surface area contributed by atoms with E-state index in [1.807, 2.05) is 0 Å². The summed E-state index contributed by atoms with van der Waals surface area (Å²) in [5.41, 5.74) is 2.34. The van der Waals surface area contributed by atoms with Crippen LogP contribution in [0.5, 0.6) is 0 Å². The first-order valence-corrected chi connectivity index (χ1v) is 2.29. The summed E-state index contributed by atoms with van der Waals surface area (Å²) in [4.78, 5) is 10.2. The Bertz CT molecular complexity index is 122. The highest BCUT2D eigenvalue weighted by molar-refractivity contribution is 5.81. The van der Waals surface area contributed by atoms with Crippen LogP contribution in [0.25, 0.3) is 0 Å². The molecule has 0 heterocycles. The lowest BCUT2D eigenvalue weighted by Crippen LogP contribution is -2.13. The number of esters is 1. The Morgan fingerprint density at radius 2 is 2.56 bits per heavy atom. The number of carbonyl (C=O) groups excluding carboxylic acids is 1. The lowest BCUT2D eigenvalue weighted by atomic mass is 10.7. The number of nitrogens with zero attached hydrogens (tertiary/aromatic N) is 1. The van der Waals surface area contributed by atoms with Crippen LogP contribution >= 0.6 is 0 Å². The zero-order valence-electron chi connectivity index (χ0n) is 4.96. The molecule has 0 aromatic carbocycles. The number of carbonyl (C=O) groups is 1. The maximum Gasteiger partial charge on any atom is 0.331 e. The van der Waals surface area contributed by atoms with E-state index in [-0.39, 0.29) is 6.73 Å². The zero-order chi connectivity index (χ0) is 7.11. The Morgan fingerprint density at radius 3 is 3.00 bits per heavy atom. The van der Waals surface area contributed by atoms with Gasteiger partial charge in [0.05, 0.1) is 0 Å². The fraction of sp³-hybridized carbons (Fsp3) is 0.200. The van der Waals surface area contributed by atoms with Gasteiger partial charge in [0.1, 0.15) is 0 Å². The maximum atomic E-state index is 10.2. The van der Waals surface area contributed by atoms with Crippen molar-refractivity contribution in [1.29, 1.82) is 0 Å². The molecule has 9 heavy (non-hydrogen) atoms. The molecule has 0 aliphatic heterocycles. The fourth-order valence-corrected chi connectivity index (χ4v) is 0.208. The molecule has 0 unspecified atom stereocenters. The minimum atomic E-state index is -0.480. The third-order valence-corrected chi connectivity index (χ3v) is 0.557. The SMILES string of the molecule is C=CC(=O)OCNN=C. The Kier molecular flexibility index (Phi) is 4.12. The highest BCUT2D eigenvalue weighted by Crippen LogP contribution is 1.74. The highest BCUT2D eigenvalue weighted by Gasteiger charge is 1.89. The van der Waals surface area contributed by atoms with Crippen molar-refractivity contribution in [1.82, 2.24) is 5.43 Å². The molecular formula is C5H8N2O2. The molecule has 0 aliphatic rings. The molecule has 0 aliphatic carbocycles. The number of ether oxygens (including phenoxy) is 1. The first-order chi connectivity index (χ1) is 4.31. The predicted octanol–water partition coefficient (Wildman–Crippen LogP) is -0.122. The van der Waals surface area contributed by atoms with Crippen molar-refractivity contribution in [2.45, 2.75) is 0 Å². The van der Waals surface area contributed by atoms with Crippen LogP contribution in [-0.2, 0) is 9.53 Å². The van der Waals surface area contributed by atoms with Crippen LogP contribution in [0.2, 0.25) is 0 Å². The van der Waals surface area contributed by atoms with Gasteiger partial charge in [-0.25, -0.2) is 4.79 Å². The summed E-state index contributed by atoms with van der Waals surface area (Å²) in [6.45, 7) is 6.33. The van der Waals surface area contributed by atoms with Gasteiger partial charge in [0, 0.05) is 12.8 Å². The quantitative estimate of drug-likeness (QED) is 0.143. The topological polar surface area (TPSA) is 50.7 Å². The number of rotatable bonds is 4. The van der Waals surface area contributed by atoms with Crippen LogP contribution in [0.15, 0.2) is 17.8 Å². The van der Waals surface area contributed by atoms with E-state index < -0.39 is 5.97 Å². The molecule has 1 N–H and O–H groups in total. The molecule has 0 radical (unpaired) electrons. The first-order valence-electron chi connectivity index (χ1n) is 2.29. The molecule has 0 amide bonds. The second kappa shape index (κ2) is 4.83. The molecule has 4 heteroatoms. The third kappa shape index (κ3) is 4.53. The van der Waals surface area contributed by atoms with E-state index in [1.54, 1.807) is 0 Å². The molecule has 0 rings (SSSR count). The molecule has 0 saturated carbocycles. The largest absolute Gasteiger partial charge is 0.440 e. The molecule has 0 bridgehead atoms. The summed E-state index contributed by atoms with van der Waals surface area (Å²) in [7, 11) is 0. The summed E-state index contributed by atoms with van der Waals surface area (Å²) in [6.07, 6.45) is 1.07. The van der Waals surface area contributed by atoms with E-state index in [4.69, 9.17) is 0 Å². The van der Waals surface area contributed by atoms with E-state index in [9.17, 15) is 4.79 Å². The Morgan fingerprint density at radius 1 is 1.89 bits per heavy atom. The molecule has 50 valence electrons. The van der Waals surface area contributed by atoms with Crippen molar-refractivity contribution < 1.29 is 9.53 Å². The van der Waals surface area contributed by atoms with Crippen molar-refractivity contribution in [3.05, 3.63) is 12.7 Å². The van der Waals surface area contributed by atoms with Gasteiger partial charge in [-0.05, 0) is 0 Å². The van der Waals surface area contributed by atoms with Gasteiger partial charge in [0.2, 0.25) is 0 Å². The van der Waals surface area contributed by atoms with E-state index in [1.165, 1.54) is 0 Å². The van der Waals surface area contributed by atoms with Gasteiger partial charge in [0.15, 0.2) is 6.73 Å². The average Bonchev–Trinajstić information content (AvgIpc) is 1.89. The summed E-state index contributed by atoms with van der Waals surface area (Å²) < 4.78 is 4.43. The number of hydrazone groups is 1. The number of hydrogen-bond donors (Lipinski definition) is 1. The molecule has 4 nitrogen and oxygen atoms in total. The lowest BCUT2D eigenvalue weighted by molar-refractivity contribution is -0.138. The summed E-state index contributed by atoms with van der Waals surface area (Å²) in [5, 5.41) is 3.23. The fourth-order valence-electron chi connectivity index (χ4n) is 0.208. The van der Waals surface area contributed by atoms with Gasteiger partial charge in [-0.15, -0.1) is 0 Å². The van der Waals surface area contributed by atoms with E-state index >= 15 is 0 Å². The second-order valence-corrected chi connectivity index (χ2v) is 1.13. The smallest absolute Gasteiger partial charge is 0.331 e. The van der Waals surface area contributed by atoms with Gasteiger partial charge in [-0.2, -0.15) is 5.10 Å². The summed E-state index contributed by atoms with van der Waals surface area (Å²) in [6, 6.07) is 0. The van der Waals surface area contributed by atoms with E-state index in [0.717, 1.165) is 6.08 Å². The minimum absolute atomic E-state index is 0.0361. The number of hydrogen-bond acceptors (Lipinski definition) is 4. The van der Waals surface area contributed by atoms with Gasteiger partial charge < -0.3 is 4.74 Å². The van der Waals surface area contributed by atoms with Crippen LogP contribution in [0.4, 0.5) is 0 Å². The molecule has 0 aromatic rings. The van der Waals surface area contributed by atoms with E-state index in [2.05, 4.69) is 28.6 Å². The Hall–Kier alpha value is -1.32. The number of nitrogens with one attached hydrogen (secondary N) is 1. The van der Waals surface area contributed by atoms with Gasteiger partial charge in [-0.1, -0.05) is 6.58 Å². The van der Waals surface area contributed by atoms with Gasteiger partial charge >= 0.3 is 5.97 Å². The van der Waals surface area contributed by atoms with Gasteiger partial charge in [0.25, 0.3) is 0 Å². The highest BCUT2D eigenvalue weighted by atomic mass is 16.5. The van der Waals surface area contributed by atoms with Crippen molar-refractivity contribution in [2.75, 3.05) is 6.73 Å². The average molecular weight is 128 g/mol. The molecule has 0 atom stereocenters. The molecule has 0 aromatic heterocycles. The van der Waals surface area contributed by atoms with Crippen LogP contribution in [0.3, 0.4) is 0 Å². The summed E-state index contributed by atoms with van der Waals surface area (Å²) in [5.74, 6) is -0.480. The van der Waals surface area contributed by atoms with E-state index in [0.29, 0.717) is 0 Å². The maximum absolute atomic E-state index is 10.2. The lowest BCUT2D eigenvalue weighted by Gasteiger charge is -1.97. The molecule has 0 fully saturated rings. The van der Waals surface area contributed by atoms with Crippen LogP contribution in [-0.4, -0.2) is 19.4 Å². The third-order valence-electron chi connectivity index (χ3n) is 0.557. The standard InChI is InChI=1S/C5H8N2O2/c1-3-5(8)9-4-7-6-2/h3,7H,1-2,4H2. The minimum Gasteiger partial charge on any atom is -0.440 e. The first kappa shape index (κ1) is 7.68. The van der Waals surface area contributed by atoms with Crippen molar-refractivity contribution in [3.8, 4) is 0 Å². The van der Waals surface area contributed by atoms with Crippen molar-refractivity contribution >= 4 is 12.7 Å². The Balaban J connectivity index is 3.16. The predicted molar refractivity (Wildman–Crippen MR) is 33.8 cm³/mol. The Labute approximate surface area is 53.2 Å². The van der Waals surface area contributed by atoms with Crippen molar-refractivity contribution in [3.63, 3.8) is 0 Å². The van der Waals surface area contributed by atoms with Crippen LogP contribution in [0, 0.1) is 0 Å². The molecular weight excluding hydrogens is 120 g/mol.